The zero-order chi connectivity index (χ0) is 14.3. The van der Waals surface area contributed by atoms with Gasteiger partial charge in [-0.25, -0.2) is 0 Å². The van der Waals surface area contributed by atoms with Crippen molar-refractivity contribution in [2.24, 2.45) is 11.3 Å². The predicted octanol–water partition coefficient (Wildman–Crippen LogP) is 3.69. The number of nitrogens with one attached hydrogen (secondary N) is 1. The van der Waals surface area contributed by atoms with Gasteiger partial charge in [-0.15, -0.1) is 0 Å². The molecule has 1 aliphatic heterocycles. The Kier molecular flexibility index (Phi) is 7.09. The third-order valence-electron chi connectivity index (χ3n) is 4.29. The second-order valence-corrected chi connectivity index (χ2v) is 7.20. The van der Waals surface area contributed by atoms with E-state index in [9.17, 15) is 0 Å². The molecule has 1 N–H and O–H groups in total. The van der Waals surface area contributed by atoms with Crippen molar-refractivity contribution in [2.45, 2.75) is 53.4 Å². The van der Waals surface area contributed by atoms with Gasteiger partial charge in [0.2, 0.25) is 0 Å². The molecule has 1 atom stereocenters. The van der Waals surface area contributed by atoms with Crippen molar-refractivity contribution >= 4 is 0 Å². The maximum atomic E-state index is 4.21. The fraction of sp³-hybridized carbons (Fsp3) is 0.882. The molecule has 1 fully saturated rings. The smallest absolute Gasteiger partial charge is 0.0202 e. The summed E-state index contributed by atoms with van der Waals surface area (Å²) >= 11 is 0. The number of hydrogen-bond acceptors (Lipinski definition) is 2. The van der Waals surface area contributed by atoms with E-state index in [0.717, 1.165) is 25.6 Å². The zero-order valence-corrected chi connectivity index (χ0v) is 13.6. The summed E-state index contributed by atoms with van der Waals surface area (Å²) in [6.45, 7) is 19.2. The van der Waals surface area contributed by atoms with E-state index in [1.165, 1.54) is 44.3 Å². The van der Waals surface area contributed by atoms with E-state index < -0.39 is 0 Å². The second kappa shape index (κ2) is 8.06. The lowest BCUT2D eigenvalue weighted by molar-refractivity contribution is 0.210. The van der Waals surface area contributed by atoms with Gasteiger partial charge in [-0.1, -0.05) is 34.3 Å². The summed E-state index contributed by atoms with van der Waals surface area (Å²) < 4.78 is 0. The zero-order valence-electron chi connectivity index (χ0n) is 13.6. The Morgan fingerprint density at radius 1 is 1.26 bits per heavy atom. The SMILES string of the molecule is C=C(CNCCC)CN1CCCC(C(C)(C)C)CC1. The van der Waals surface area contributed by atoms with Gasteiger partial charge in [-0.3, -0.25) is 4.90 Å². The molecule has 0 radical (unpaired) electrons. The van der Waals surface area contributed by atoms with Gasteiger partial charge >= 0.3 is 0 Å². The van der Waals surface area contributed by atoms with Gasteiger partial charge in [-0.05, 0) is 62.2 Å². The molecule has 1 aliphatic rings. The molecular formula is C17H34N2. The van der Waals surface area contributed by atoms with E-state index in [2.05, 4.69) is 44.5 Å². The van der Waals surface area contributed by atoms with Crippen LogP contribution in [0.1, 0.15) is 53.4 Å². The van der Waals surface area contributed by atoms with Crippen molar-refractivity contribution in [3.8, 4) is 0 Å². The summed E-state index contributed by atoms with van der Waals surface area (Å²) in [5, 5.41) is 3.45. The van der Waals surface area contributed by atoms with E-state index in [0.29, 0.717) is 5.41 Å². The van der Waals surface area contributed by atoms with Crippen LogP contribution in [0.5, 0.6) is 0 Å². The lowest BCUT2D eigenvalue weighted by Gasteiger charge is -2.30. The molecule has 1 unspecified atom stereocenters. The number of rotatable bonds is 6. The molecule has 0 saturated carbocycles. The Balaban J connectivity index is 2.31. The summed E-state index contributed by atoms with van der Waals surface area (Å²) in [6.07, 6.45) is 5.28. The van der Waals surface area contributed by atoms with E-state index in [-0.39, 0.29) is 0 Å². The number of hydrogen-bond donors (Lipinski definition) is 1. The molecule has 1 heterocycles. The van der Waals surface area contributed by atoms with Crippen LogP contribution in [0.15, 0.2) is 12.2 Å². The van der Waals surface area contributed by atoms with Crippen LogP contribution in [0.4, 0.5) is 0 Å². The fourth-order valence-corrected chi connectivity index (χ4v) is 2.99. The molecule has 1 saturated heterocycles. The van der Waals surface area contributed by atoms with Crippen molar-refractivity contribution in [2.75, 3.05) is 32.7 Å². The normalized spacial score (nSPS) is 22.2. The lowest BCUT2D eigenvalue weighted by Crippen LogP contribution is -2.31. The lowest BCUT2D eigenvalue weighted by atomic mass is 9.77. The standard InChI is InChI=1S/C17H34N2/c1-6-10-18-13-15(2)14-19-11-7-8-16(9-12-19)17(3,4)5/h16,18H,2,6-14H2,1,3-5H3. The summed E-state index contributed by atoms with van der Waals surface area (Å²) in [4.78, 5) is 2.60. The molecule has 2 nitrogen and oxygen atoms in total. The average Bonchev–Trinajstić information content (AvgIpc) is 2.54. The largest absolute Gasteiger partial charge is 0.313 e. The quantitative estimate of drug-likeness (QED) is 0.582. The molecule has 0 aromatic rings. The van der Waals surface area contributed by atoms with Crippen LogP contribution in [0.2, 0.25) is 0 Å². The van der Waals surface area contributed by atoms with Crippen LogP contribution in [-0.2, 0) is 0 Å². The van der Waals surface area contributed by atoms with E-state index in [4.69, 9.17) is 0 Å². The molecule has 0 spiro atoms. The molecule has 112 valence electrons. The van der Waals surface area contributed by atoms with Gasteiger partial charge in [-0.2, -0.15) is 0 Å². The molecule has 0 bridgehead atoms. The summed E-state index contributed by atoms with van der Waals surface area (Å²) in [5.41, 5.74) is 1.80. The summed E-state index contributed by atoms with van der Waals surface area (Å²) in [7, 11) is 0. The first-order chi connectivity index (χ1) is 8.93. The van der Waals surface area contributed by atoms with Crippen LogP contribution < -0.4 is 5.32 Å². The van der Waals surface area contributed by atoms with Gasteiger partial charge in [0.25, 0.3) is 0 Å². The minimum absolute atomic E-state index is 0.468. The Bertz CT molecular complexity index is 265. The van der Waals surface area contributed by atoms with E-state index in [1.54, 1.807) is 0 Å². The van der Waals surface area contributed by atoms with Crippen molar-refractivity contribution in [1.82, 2.24) is 10.2 Å². The monoisotopic (exact) mass is 266 g/mol. The highest BCUT2D eigenvalue weighted by Crippen LogP contribution is 2.34. The van der Waals surface area contributed by atoms with Crippen LogP contribution in [-0.4, -0.2) is 37.6 Å². The van der Waals surface area contributed by atoms with Gasteiger partial charge in [0.15, 0.2) is 0 Å². The minimum atomic E-state index is 0.468. The average molecular weight is 266 g/mol. The van der Waals surface area contributed by atoms with Gasteiger partial charge < -0.3 is 5.32 Å². The first kappa shape index (κ1) is 16.7. The molecule has 1 rings (SSSR count). The van der Waals surface area contributed by atoms with Crippen molar-refractivity contribution < 1.29 is 0 Å². The maximum Gasteiger partial charge on any atom is 0.0202 e. The van der Waals surface area contributed by atoms with Crippen molar-refractivity contribution in [3.05, 3.63) is 12.2 Å². The summed E-state index contributed by atoms with van der Waals surface area (Å²) in [5.74, 6) is 0.879. The first-order valence-corrected chi connectivity index (χ1v) is 8.03. The molecule has 2 heteroatoms. The highest BCUT2D eigenvalue weighted by atomic mass is 15.1. The van der Waals surface area contributed by atoms with Crippen molar-refractivity contribution in [1.29, 1.82) is 0 Å². The third kappa shape index (κ3) is 6.58. The molecule has 0 aromatic carbocycles. The van der Waals surface area contributed by atoms with E-state index in [1.807, 2.05) is 0 Å². The number of nitrogens with zero attached hydrogens (tertiary/aromatic N) is 1. The Hall–Kier alpha value is -0.340. The molecule has 0 aliphatic carbocycles. The molecule has 0 aromatic heterocycles. The Morgan fingerprint density at radius 3 is 2.63 bits per heavy atom. The summed E-state index contributed by atoms with van der Waals surface area (Å²) in [6, 6.07) is 0. The molecular weight excluding hydrogens is 232 g/mol. The molecule has 19 heavy (non-hydrogen) atoms. The number of likely N-dealkylation sites (tertiary alicyclic amines) is 1. The van der Waals surface area contributed by atoms with Crippen LogP contribution >= 0.6 is 0 Å². The maximum absolute atomic E-state index is 4.21. The predicted molar refractivity (Wildman–Crippen MR) is 85.5 cm³/mol. The van der Waals surface area contributed by atoms with Crippen LogP contribution in [0, 0.1) is 11.3 Å². The highest BCUT2D eigenvalue weighted by Gasteiger charge is 2.26. The molecule has 0 amide bonds. The van der Waals surface area contributed by atoms with Crippen molar-refractivity contribution in [3.63, 3.8) is 0 Å². The topological polar surface area (TPSA) is 15.3 Å². The van der Waals surface area contributed by atoms with Gasteiger partial charge in [0.05, 0.1) is 0 Å². The third-order valence-corrected chi connectivity index (χ3v) is 4.29. The second-order valence-electron chi connectivity index (χ2n) is 7.20. The van der Waals surface area contributed by atoms with Gasteiger partial charge in [0, 0.05) is 13.1 Å². The fourth-order valence-electron chi connectivity index (χ4n) is 2.99. The Labute approximate surface area is 120 Å². The van der Waals surface area contributed by atoms with Crippen LogP contribution in [0.3, 0.4) is 0 Å². The minimum Gasteiger partial charge on any atom is -0.313 e. The van der Waals surface area contributed by atoms with E-state index >= 15 is 0 Å². The highest BCUT2D eigenvalue weighted by molar-refractivity contribution is 5.00. The first-order valence-electron chi connectivity index (χ1n) is 8.03. The van der Waals surface area contributed by atoms with Gasteiger partial charge in [0.1, 0.15) is 0 Å². The van der Waals surface area contributed by atoms with Crippen LogP contribution in [0.25, 0.3) is 0 Å². The Morgan fingerprint density at radius 2 is 2.00 bits per heavy atom.